The molecule has 1 aromatic heterocycles. The number of aromatic nitrogens is 1. The molecule has 0 radical (unpaired) electrons. The van der Waals surface area contributed by atoms with Gasteiger partial charge >= 0.3 is 5.97 Å². The van der Waals surface area contributed by atoms with Crippen LogP contribution in [-0.4, -0.2) is 16.1 Å². The van der Waals surface area contributed by atoms with Crippen molar-refractivity contribution >= 4 is 48.7 Å². The summed E-state index contributed by atoms with van der Waals surface area (Å²) < 4.78 is 1.75. The number of aromatic carboxylic acids is 1. The number of H-pyrrole nitrogens is 1. The van der Waals surface area contributed by atoms with E-state index in [0.717, 1.165) is 19.8 Å². The highest BCUT2D eigenvalue weighted by atomic mass is 79.9. The molecule has 72 valence electrons. The average Bonchev–Trinajstić information content (AvgIpc) is 2.47. The SMILES string of the molecule is O=C(O)c1cc2cc(Br)cc(Br)c2[nH]1. The second kappa shape index (κ2) is 3.40. The van der Waals surface area contributed by atoms with Crippen LogP contribution < -0.4 is 0 Å². The Kier molecular flexibility index (Phi) is 2.36. The predicted octanol–water partition coefficient (Wildman–Crippen LogP) is 3.39. The number of nitrogens with one attached hydrogen (secondary N) is 1. The van der Waals surface area contributed by atoms with Crippen LogP contribution in [0.25, 0.3) is 10.9 Å². The Morgan fingerprint density at radius 2 is 2.00 bits per heavy atom. The van der Waals surface area contributed by atoms with Crippen LogP contribution in [0.5, 0.6) is 0 Å². The normalized spacial score (nSPS) is 10.7. The van der Waals surface area contributed by atoms with Gasteiger partial charge in [0.05, 0.1) is 5.52 Å². The molecule has 0 fully saturated rings. The minimum atomic E-state index is -0.954. The summed E-state index contributed by atoms with van der Waals surface area (Å²) in [4.78, 5) is 13.5. The van der Waals surface area contributed by atoms with Gasteiger partial charge in [-0.3, -0.25) is 0 Å². The fourth-order valence-corrected chi connectivity index (χ4v) is 2.64. The number of hydrogen-bond acceptors (Lipinski definition) is 1. The van der Waals surface area contributed by atoms with Crippen molar-refractivity contribution in [2.45, 2.75) is 0 Å². The third-order valence-corrected chi connectivity index (χ3v) is 2.96. The summed E-state index contributed by atoms with van der Waals surface area (Å²) >= 11 is 6.69. The van der Waals surface area contributed by atoms with Crippen LogP contribution in [0, 0.1) is 0 Å². The molecule has 0 unspecified atom stereocenters. The Balaban J connectivity index is 2.76. The fraction of sp³-hybridized carbons (Fsp3) is 0. The van der Waals surface area contributed by atoms with E-state index in [9.17, 15) is 4.79 Å². The summed E-state index contributed by atoms with van der Waals surface area (Å²) in [6.07, 6.45) is 0. The maximum atomic E-state index is 10.7. The Bertz CT molecular complexity index is 519. The van der Waals surface area contributed by atoms with Gasteiger partial charge in [0.1, 0.15) is 5.69 Å². The van der Waals surface area contributed by atoms with Crippen LogP contribution in [-0.2, 0) is 0 Å². The molecule has 0 atom stereocenters. The molecule has 0 spiro atoms. The summed E-state index contributed by atoms with van der Waals surface area (Å²) in [6, 6.07) is 5.33. The van der Waals surface area contributed by atoms with Gasteiger partial charge in [0.2, 0.25) is 0 Å². The molecule has 3 nitrogen and oxygen atoms in total. The van der Waals surface area contributed by atoms with Gasteiger partial charge in [0.25, 0.3) is 0 Å². The van der Waals surface area contributed by atoms with E-state index in [4.69, 9.17) is 5.11 Å². The molecule has 0 aliphatic carbocycles. The number of aromatic amines is 1. The summed E-state index contributed by atoms with van der Waals surface area (Å²) in [5.41, 5.74) is 0.990. The number of hydrogen-bond donors (Lipinski definition) is 2. The summed E-state index contributed by atoms with van der Waals surface area (Å²) in [5.74, 6) is -0.954. The Morgan fingerprint density at radius 1 is 1.29 bits per heavy atom. The van der Waals surface area contributed by atoms with E-state index in [0.29, 0.717) is 0 Å². The Labute approximate surface area is 96.4 Å². The number of fused-ring (bicyclic) bond motifs is 1. The van der Waals surface area contributed by atoms with E-state index in [1.807, 2.05) is 12.1 Å². The van der Waals surface area contributed by atoms with Crippen LogP contribution >= 0.6 is 31.9 Å². The lowest BCUT2D eigenvalue weighted by molar-refractivity contribution is 0.0691. The molecule has 0 bridgehead atoms. The number of carbonyl (C=O) groups is 1. The third-order valence-electron chi connectivity index (χ3n) is 1.88. The predicted molar refractivity (Wildman–Crippen MR) is 60.7 cm³/mol. The molecule has 5 heteroatoms. The van der Waals surface area contributed by atoms with Crippen LogP contribution in [0.1, 0.15) is 10.5 Å². The first-order chi connectivity index (χ1) is 6.58. The monoisotopic (exact) mass is 317 g/mol. The molecule has 2 N–H and O–H groups in total. The van der Waals surface area contributed by atoms with Crippen molar-refractivity contribution in [2.24, 2.45) is 0 Å². The highest BCUT2D eigenvalue weighted by molar-refractivity contribution is 9.11. The summed E-state index contributed by atoms with van der Waals surface area (Å²) in [5, 5.41) is 9.65. The first-order valence-electron chi connectivity index (χ1n) is 3.79. The number of carboxylic acids is 1. The molecule has 0 aliphatic rings. The molecule has 14 heavy (non-hydrogen) atoms. The van der Waals surface area contributed by atoms with E-state index in [1.54, 1.807) is 6.07 Å². The van der Waals surface area contributed by atoms with Crippen molar-refractivity contribution in [1.29, 1.82) is 0 Å². The molecule has 0 saturated heterocycles. The van der Waals surface area contributed by atoms with E-state index >= 15 is 0 Å². The maximum Gasteiger partial charge on any atom is 0.352 e. The van der Waals surface area contributed by atoms with Gasteiger partial charge in [-0.1, -0.05) is 15.9 Å². The number of carboxylic acid groups (broad SMARTS) is 1. The van der Waals surface area contributed by atoms with Crippen LogP contribution in [0.4, 0.5) is 0 Å². The molecule has 1 heterocycles. The number of rotatable bonds is 1. The first-order valence-corrected chi connectivity index (χ1v) is 5.37. The van der Waals surface area contributed by atoms with Crippen molar-refractivity contribution in [3.63, 3.8) is 0 Å². The van der Waals surface area contributed by atoms with Crippen LogP contribution in [0.15, 0.2) is 27.1 Å². The molecular formula is C9H5Br2NO2. The molecule has 0 amide bonds. The molecule has 1 aromatic carbocycles. The standard InChI is InChI=1S/C9H5Br2NO2/c10-5-1-4-2-7(9(13)14)12-8(4)6(11)3-5/h1-3,12H,(H,13,14). The van der Waals surface area contributed by atoms with Crippen molar-refractivity contribution in [3.8, 4) is 0 Å². The minimum absolute atomic E-state index is 0.193. The zero-order valence-corrected chi connectivity index (χ0v) is 10.0. The Hall–Kier alpha value is -0.810. The summed E-state index contributed by atoms with van der Waals surface area (Å²) in [6.45, 7) is 0. The van der Waals surface area contributed by atoms with Gasteiger partial charge in [-0.15, -0.1) is 0 Å². The van der Waals surface area contributed by atoms with Crippen LogP contribution in [0.2, 0.25) is 0 Å². The maximum absolute atomic E-state index is 10.7. The third kappa shape index (κ3) is 1.57. The molecule has 0 saturated carbocycles. The van der Waals surface area contributed by atoms with E-state index in [-0.39, 0.29) is 5.69 Å². The quantitative estimate of drug-likeness (QED) is 0.846. The summed E-state index contributed by atoms with van der Waals surface area (Å²) in [7, 11) is 0. The molecule has 2 aromatic rings. The number of halogens is 2. The Morgan fingerprint density at radius 3 is 2.64 bits per heavy atom. The lowest BCUT2D eigenvalue weighted by Gasteiger charge is -1.95. The van der Waals surface area contributed by atoms with Gasteiger partial charge in [-0.05, 0) is 34.1 Å². The lowest BCUT2D eigenvalue weighted by atomic mass is 10.2. The van der Waals surface area contributed by atoms with Crippen LogP contribution in [0.3, 0.4) is 0 Å². The zero-order chi connectivity index (χ0) is 10.3. The van der Waals surface area contributed by atoms with Gasteiger partial charge in [0.15, 0.2) is 0 Å². The second-order valence-electron chi connectivity index (χ2n) is 2.84. The molecular weight excluding hydrogens is 314 g/mol. The van der Waals surface area contributed by atoms with Crippen molar-refractivity contribution < 1.29 is 9.90 Å². The average molecular weight is 319 g/mol. The van der Waals surface area contributed by atoms with Gasteiger partial charge in [-0.25, -0.2) is 4.79 Å². The van der Waals surface area contributed by atoms with Gasteiger partial charge in [0, 0.05) is 14.3 Å². The van der Waals surface area contributed by atoms with E-state index < -0.39 is 5.97 Å². The van der Waals surface area contributed by atoms with E-state index in [2.05, 4.69) is 36.8 Å². The van der Waals surface area contributed by atoms with Gasteiger partial charge in [-0.2, -0.15) is 0 Å². The highest BCUT2D eigenvalue weighted by Crippen LogP contribution is 2.28. The topological polar surface area (TPSA) is 53.1 Å². The minimum Gasteiger partial charge on any atom is -0.477 e. The largest absolute Gasteiger partial charge is 0.477 e. The number of benzene rings is 1. The zero-order valence-electron chi connectivity index (χ0n) is 6.84. The molecule has 2 rings (SSSR count). The molecule has 0 aliphatic heterocycles. The van der Waals surface area contributed by atoms with E-state index in [1.165, 1.54) is 0 Å². The van der Waals surface area contributed by atoms with Crippen molar-refractivity contribution in [1.82, 2.24) is 4.98 Å². The van der Waals surface area contributed by atoms with Crippen molar-refractivity contribution in [3.05, 3.63) is 32.8 Å². The van der Waals surface area contributed by atoms with Gasteiger partial charge < -0.3 is 10.1 Å². The second-order valence-corrected chi connectivity index (χ2v) is 4.61. The lowest BCUT2D eigenvalue weighted by Crippen LogP contribution is -1.94. The first kappa shape index (κ1) is 9.73. The smallest absolute Gasteiger partial charge is 0.352 e. The highest BCUT2D eigenvalue weighted by Gasteiger charge is 2.09. The van der Waals surface area contributed by atoms with Crippen molar-refractivity contribution in [2.75, 3.05) is 0 Å². The fourth-order valence-electron chi connectivity index (χ4n) is 1.28.